The van der Waals surface area contributed by atoms with Crippen molar-refractivity contribution >= 4 is 59.8 Å². The Hall–Kier alpha value is -4.62. The van der Waals surface area contributed by atoms with Crippen LogP contribution in [0.25, 0.3) is 32.2 Å². The molecular weight excluding hydrogens is 822 g/mol. The number of aryl methyl sites for hydroxylation is 2. The van der Waals surface area contributed by atoms with Gasteiger partial charge in [-0.2, -0.15) is 10.5 Å². The summed E-state index contributed by atoms with van der Waals surface area (Å²) in [6.45, 7) is 25.5. The molecule has 1 N–H and O–H groups in total. The van der Waals surface area contributed by atoms with Crippen molar-refractivity contribution in [1.29, 1.82) is 10.5 Å². The number of nitrogens with zero attached hydrogens (tertiary/aromatic N) is 4. The molecule has 0 atom stereocenters. The van der Waals surface area contributed by atoms with Crippen LogP contribution in [0, 0.1) is 49.7 Å². The molecule has 48 heavy (non-hydrogen) atoms. The van der Waals surface area contributed by atoms with Gasteiger partial charge in [0.05, 0.1) is 43.0 Å². The molecule has 0 aliphatic heterocycles. The lowest BCUT2D eigenvalue weighted by Crippen LogP contribution is -1.92. The molecule has 4 rings (SSSR count). The highest BCUT2D eigenvalue weighted by Gasteiger charge is 2.13. The Bertz CT molecular complexity index is 1720. The van der Waals surface area contributed by atoms with Gasteiger partial charge in [0.25, 0.3) is 0 Å². The van der Waals surface area contributed by atoms with Crippen LogP contribution in [-0.4, -0.2) is 11.7 Å². The molecule has 0 amide bonds. The van der Waals surface area contributed by atoms with Crippen LogP contribution in [0.4, 0.5) is 0 Å². The number of aromatic hydroxyl groups is 1. The molecule has 4 aromatic rings. The smallest absolute Gasteiger partial charge is 0.212 e. The summed E-state index contributed by atoms with van der Waals surface area (Å²) in [5.41, 5.74) is 6.40. The van der Waals surface area contributed by atoms with E-state index in [-0.39, 0.29) is 18.9 Å². The molecular formula is C40H40I2N4O2. The molecule has 246 valence electrons. The predicted molar refractivity (Wildman–Crippen MR) is 217 cm³/mol. The monoisotopic (exact) mass is 862 g/mol. The number of rotatable bonds is 6. The number of phenols is 1. The maximum absolute atomic E-state index is 9.47. The Kier molecular flexibility index (Phi) is 22.2. The average molecular weight is 863 g/mol. The van der Waals surface area contributed by atoms with Crippen LogP contribution in [-0.2, 0) is 0 Å². The number of ether oxygens (including phenoxy) is 1. The molecule has 4 aromatic carbocycles. The third-order valence-electron chi connectivity index (χ3n) is 6.18. The van der Waals surface area contributed by atoms with Gasteiger partial charge in [-0.25, -0.2) is 9.69 Å². The Morgan fingerprint density at radius 2 is 0.958 bits per heavy atom. The fourth-order valence-electron chi connectivity index (χ4n) is 3.97. The number of hydrogen-bond acceptors (Lipinski definition) is 4. The molecule has 0 bridgehead atoms. The van der Waals surface area contributed by atoms with Gasteiger partial charge in [0.2, 0.25) is 11.4 Å². The van der Waals surface area contributed by atoms with Crippen LogP contribution in [0.3, 0.4) is 0 Å². The lowest BCUT2D eigenvalue weighted by Gasteiger charge is -2.07. The molecule has 8 heteroatoms. The van der Waals surface area contributed by atoms with Crippen molar-refractivity contribution in [3.63, 3.8) is 0 Å². The zero-order valence-electron chi connectivity index (χ0n) is 27.1. The van der Waals surface area contributed by atoms with E-state index in [9.17, 15) is 15.6 Å². The number of hydrogen-bond donors (Lipinski definition) is 1. The minimum Gasteiger partial charge on any atom is -0.508 e. The Labute approximate surface area is 310 Å². The van der Waals surface area contributed by atoms with Crippen molar-refractivity contribution in [1.82, 2.24) is 0 Å². The third-order valence-corrected chi connectivity index (χ3v) is 6.18. The van der Waals surface area contributed by atoms with Crippen LogP contribution < -0.4 is 4.74 Å². The third kappa shape index (κ3) is 13.6. The van der Waals surface area contributed by atoms with Crippen molar-refractivity contribution in [2.75, 3.05) is 6.61 Å². The van der Waals surface area contributed by atoms with Gasteiger partial charge in [0, 0.05) is 37.2 Å². The lowest BCUT2D eigenvalue weighted by atomic mass is 10.00. The second kappa shape index (κ2) is 24.5. The highest BCUT2D eigenvalue weighted by molar-refractivity contribution is 15.0. The van der Waals surface area contributed by atoms with Gasteiger partial charge in [0.1, 0.15) is 11.5 Å². The summed E-state index contributed by atoms with van der Waals surface area (Å²) in [7, 11) is 0. The highest BCUT2D eigenvalue weighted by atomic mass is 128. The van der Waals surface area contributed by atoms with E-state index >= 15 is 0 Å². The van der Waals surface area contributed by atoms with Gasteiger partial charge in [-0.1, -0.05) is 112 Å². The van der Waals surface area contributed by atoms with E-state index in [1.54, 1.807) is 12.1 Å². The van der Waals surface area contributed by atoms with E-state index in [2.05, 4.69) is 72.9 Å². The Morgan fingerprint density at radius 3 is 1.25 bits per heavy atom. The number of halogens is 2. The molecule has 0 unspecified atom stereocenters. The predicted octanol–water partition coefficient (Wildman–Crippen LogP) is 12.5. The van der Waals surface area contributed by atoms with Crippen LogP contribution in [0.5, 0.6) is 11.5 Å². The Morgan fingerprint density at radius 1 is 0.646 bits per heavy atom. The summed E-state index contributed by atoms with van der Waals surface area (Å²) in [6.07, 6.45) is 1.25. The molecule has 0 radical (unpaired) electrons. The summed E-state index contributed by atoms with van der Waals surface area (Å²) in [5.74, 6) is 0.886. The molecule has 0 aliphatic carbocycles. The summed E-state index contributed by atoms with van der Waals surface area (Å²) >= 11 is 4.24. The summed E-state index contributed by atoms with van der Waals surface area (Å²) in [6, 6.07) is 32.9. The number of allylic oxidation sites excluding steroid dienone is 2. The first-order valence-electron chi connectivity index (χ1n) is 14.6. The maximum Gasteiger partial charge on any atom is 0.212 e. The van der Waals surface area contributed by atoms with E-state index in [0.717, 1.165) is 33.6 Å². The second-order valence-corrected chi connectivity index (χ2v) is 9.84. The van der Waals surface area contributed by atoms with E-state index < -0.39 is 0 Å². The SMILES string of the molecule is C.CCC.II.[C-]#[N+]/C(=C(/C#N)c1ccc(C)cc1)c1ccc(O)cc1.[C-]#[N+]/C(=C(/C#N)c1ccc(C)cc1)c1ccc(OCC)cc1. The normalized spacial score (nSPS) is 10.2. The van der Waals surface area contributed by atoms with E-state index in [1.165, 1.54) is 18.6 Å². The molecule has 0 saturated carbocycles. The Balaban J connectivity index is 0.000000799. The lowest BCUT2D eigenvalue weighted by molar-refractivity contribution is 0.340. The van der Waals surface area contributed by atoms with Crippen molar-refractivity contribution in [3.05, 3.63) is 153 Å². The standard InChI is InChI=1S/C19H16N2O.C17H12N2O.C3H8.CH4.I2/c1-4-22-17-11-9-16(10-12-17)19(21-3)18(13-20)15-7-5-14(2)6-8-15;1-12-3-5-13(6-4-12)16(11-18)17(19-2)14-7-9-15(20)10-8-14;1-3-2;;1-2/h5-12H,4H2,1-2H3;3-10,20H,1H3;3H2,1-2H3;1H4;/b19-18-;17-16-;;;. The fourth-order valence-corrected chi connectivity index (χ4v) is 3.97. The average Bonchev–Trinajstić information content (AvgIpc) is 3.10. The van der Waals surface area contributed by atoms with Gasteiger partial charge in [0.15, 0.2) is 0 Å². The molecule has 0 spiro atoms. The van der Waals surface area contributed by atoms with Gasteiger partial charge in [-0.05, 0) is 67.3 Å². The van der Waals surface area contributed by atoms with Gasteiger partial charge < -0.3 is 9.84 Å². The number of phenolic OH excluding ortho intramolecular Hbond substituents is 1. The van der Waals surface area contributed by atoms with Gasteiger partial charge >= 0.3 is 0 Å². The first-order valence-corrected chi connectivity index (χ1v) is 20.9. The van der Waals surface area contributed by atoms with Crippen molar-refractivity contribution in [2.24, 2.45) is 0 Å². The molecule has 6 nitrogen and oxygen atoms in total. The molecule has 0 saturated heterocycles. The fraction of sp³-hybridized carbons (Fsp3) is 0.200. The van der Waals surface area contributed by atoms with Crippen molar-refractivity contribution < 1.29 is 9.84 Å². The van der Waals surface area contributed by atoms with Gasteiger partial charge in [-0.3, -0.25) is 0 Å². The largest absolute Gasteiger partial charge is 0.508 e. The van der Waals surface area contributed by atoms with Gasteiger partial charge in [-0.15, -0.1) is 0 Å². The molecule has 0 aliphatic rings. The number of benzene rings is 4. The summed E-state index contributed by atoms with van der Waals surface area (Å²) in [5, 5.41) is 28.1. The maximum atomic E-state index is 9.47. The van der Waals surface area contributed by atoms with Crippen molar-refractivity contribution in [3.8, 4) is 23.6 Å². The molecule has 0 aromatic heterocycles. The minimum absolute atomic E-state index is 0. The zero-order valence-corrected chi connectivity index (χ0v) is 31.4. The quantitative estimate of drug-likeness (QED) is 0.0905. The number of nitriles is 2. The highest BCUT2D eigenvalue weighted by Crippen LogP contribution is 2.30. The van der Waals surface area contributed by atoms with Crippen LogP contribution in [0.1, 0.15) is 68.0 Å². The first-order chi connectivity index (χ1) is 22.8. The van der Waals surface area contributed by atoms with Crippen LogP contribution in [0.15, 0.2) is 97.1 Å². The van der Waals surface area contributed by atoms with E-state index in [0.29, 0.717) is 29.0 Å². The first kappa shape index (κ1) is 43.4. The molecule has 0 heterocycles. The van der Waals surface area contributed by atoms with E-state index in [1.807, 2.05) is 93.6 Å². The second-order valence-electron chi connectivity index (χ2n) is 9.84. The zero-order chi connectivity index (χ0) is 35.2. The van der Waals surface area contributed by atoms with E-state index in [4.69, 9.17) is 17.9 Å². The van der Waals surface area contributed by atoms with Crippen molar-refractivity contribution in [2.45, 2.75) is 48.5 Å². The molecule has 0 fully saturated rings. The van der Waals surface area contributed by atoms with Crippen LogP contribution in [0.2, 0.25) is 0 Å². The topological polar surface area (TPSA) is 85.8 Å². The minimum atomic E-state index is 0. The van der Waals surface area contributed by atoms with Crippen LogP contribution >= 0.6 is 37.2 Å². The summed E-state index contributed by atoms with van der Waals surface area (Å²) in [4.78, 5) is 7.05. The summed E-state index contributed by atoms with van der Waals surface area (Å²) < 4.78 is 5.40.